The Balaban J connectivity index is 2.10. The molecule has 0 saturated carbocycles. The van der Waals surface area contributed by atoms with Crippen molar-refractivity contribution < 1.29 is 4.43 Å². The quantitative estimate of drug-likeness (QED) is 0.696. The minimum absolute atomic E-state index is 0.123. The predicted molar refractivity (Wildman–Crippen MR) is 77.0 cm³/mol. The van der Waals surface area contributed by atoms with E-state index in [-0.39, 0.29) is 6.10 Å². The zero-order chi connectivity index (χ0) is 12.6. The molecule has 2 aromatic rings. The summed E-state index contributed by atoms with van der Waals surface area (Å²) in [4.78, 5) is 0. The van der Waals surface area contributed by atoms with E-state index in [9.17, 15) is 0 Å². The third-order valence-electron chi connectivity index (χ3n) is 3.49. The van der Waals surface area contributed by atoms with Crippen molar-refractivity contribution in [2.75, 3.05) is 0 Å². The summed E-state index contributed by atoms with van der Waals surface area (Å²) < 4.78 is 6.43. The van der Waals surface area contributed by atoms with Crippen LogP contribution in [0.3, 0.4) is 0 Å². The van der Waals surface area contributed by atoms with E-state index in [2.05, 4.69) is 67.7 Å². The maximum atomic E-state index is 6.43. The molecule has 18 heavy (non-hydrogen) atoms. The molecule has 1 heterocycles. The monoisotopic (exact) mass is 254 g/mol. The summed E-state index contributed by atoms with van der Waals surface area (Å²) >= 11 is 0. The fourth-order valence-corrected chi connectivity index (χ4v) is 4.93. The zero-order valence-corrected chi connectivity index (χ0v) is 11.9. The maximum absolute atomic E-state index is 6.43. The van der Waals surface area contributed by atoms with Crippen molar-refractivity contribution in [1.29, 1.82) is 0 Å². The van der Waals surface area contributed by atoms with E-state index in [1.165, 1.54) is 16.7 Å². The lowest BCUT2D eigenvalue weighted by atomic mass is 9.97. The highest BCUT2D eigenvalue weighted by molar-refractivity contribution is 6.70. The first-order valence-electron chi connectivity index (χ1n) is 6.46. The fourth-order valence-electron chi connectivity index (χ4n) is 2.71. The number of benzene rings is 2. The highest BCUT2D eigenvalue weighted by Crippen LogP contribution is 2.37. The molecule has 0 fully saturated rings. The Bertz CT molecular complexity index is 548. The first-order chi connectivity index (χ1) is 8.66. The average molecular weight is 254 g/mol. The van der Waals surface area contributed by atoms with Gasteiger partial charge in [0.1, 0.15) is 0 Å². The summed E-state index contributed by atoms with van der Waals surface area (Å²) in [5, 5.41) is 0. The Morgan fingerprint density at radius 3 is 2.39 bits per heavy atom. The molecule has 1 nitrogen and oxygen atoms in total. The summed E-state index contributed by atoms with van der Waals surface area (Å²) in [6.45, 7) is 4.61. The van der Waals surface area contributed by atoms with E-state index in [1.54, 1.807) is 0 Å². The molecule has 0 radical (unpaired) electrons. The molecule has 3 rings (SSSR count). The van der Waals surface area contributed by atoms with E-state index in [0.717, 1.165) is 6.04 Å². The van der Waals surface area contributed by atoms with Crippen LogP contribution in [-0.2, 0) is 10.5 Å². The first-order valence-corrected chi connectivity index (χ1v) is 9.58. The summed E-state index contributed by atoms with van der Waals surface area (Å²) in [7, 11) is -1.59. The van der Waals surface area contributed by atoms with Crippen LogP contribution in [-0.4, -0.2) is 8.32 Å². The van der Waals surface area contributed by atoms with Gasteiger partial charge in [0.15, 0.2) is 8.32 Å². The van der Waals surface area contributed by atoms with Crippen molar-refractivity contribution in [3.05, 3.63) is 71.3 Å². The van der Waals surface area contributed by atoms with Crippen molar-refractivity contribution in [1.82, 2.24) is 0 Å². The number of hydrogen-bond acceptors (Lipinski definition) is 1. The van der Waals surface area contributed by atoms with E-state index in [0.29, 0.717) is 0 Å². The SMILES string of the molecule is C[Si]1(C)Cc2ccccc2C(c2ccccc2)O1. The predicted octanol–water partition coefficient (Wildman–Crippen LogP) is 4.09. The largest absolute Gasteiger partial charge is 0.406 e. The molecule has 0 saturated heterocycles. The standard InChI is InChI=1S/C16H18OSi/c1-18(2)12-14-10-6-7-11-15(14)16(17-18)13-8-4-3-5-9-13/h3-11,16H,12H2,1-2H3. The van der Waals surface area contributed by atoms with Crippen molar-refractivity contribution >= 4 is 8.32 Å². The Hall–Kier alpha value is -1.38. The molecule has 1 aliphatic rings. The van der Waals surface area contributed by atoms with Crippen LogP contribution in [0.5, 0.6) is 0 Å². The molecule has 0 aromatic heterocycles. The molecule has 0 N–H and O–H groups in total. The molecule has 0 aliphatic carbocycles. The molecule has 0 bridgehead atoms. The summed E-state index contributed by atoms with van der Waals surface area (Å²) in [5.41, 5.74) is 4.08. The average Bonchev–Trinajstić information content (AvgIpc) is 2.38. The second kappa shape index (κ2) is 4.37. The molecular formula is C16H18OSi. The maximum Gasteiger partial charge on any atom is 0.192 e. The van der Waals surface area contributed by atoms with Crippen molar-refractivity contribution in [2.24, 2.45) is 0 Å². The van der Waals surface area contributed by atoms with Gasteiger partial charge >= 0.3 is 0 Å². The molecule has 1 atom stereocenters. The Morgan fingerprint density at radius 2 is 1.61 bits per heavy atom. The number of hydrogen-bond donors (Lipinski definition) is 0. The van der Waals surface area contributed by atoms with Crippen LogP contribution in [0.2, 0.25) is 13.1 Å². The molecule has 92 valence electrons. The molecule has 1 aliphatic heterocycles. The van der Waals surface area contributed by atoms with Crippen LogP contribution < -0.4 is 0 Å². The van der Waals surface area contributed by atoms with E-state index < -0.39 is 8.32 Å². The zero-order valence-electron chi connectivity index (χ0n) is 10.9. The smallest absolute Gasteiger partial charge is 0.192 e. The summed E-state index contributed by atoms with van der Waals surface area (Å²) in [6, 6.07) is 20.4. The van der Waals surface area contributed by atoms with Gasteiger partial charge in [0.2, 0.25) is 0 Å². The lowest BCUT2D eigenvalue weighted by Gasteiger charge is -2.36. The van der Waals surface area contributed by atoms with Gasteiger partial charge in [0.25, 0.3) is 0 Å². The Labute approximate surface area is 110 Å². The highest BCUT2D eigenvalue weighted by atomic mass is 28.4. The topological polar surface area (TPSA) is 9.23 Å². The fraction of sp³-hybridized carbons (Fsp3) is 0.250. The van der Waals surface area contributed by atoms with E-state index in [4.69, 9.17) is 4.43 Å². The lowest BCUT2D eigenvalue weighted by Crippen LogP contribution is -2.40. The third-order valence-corrected chi connectivity index (χ3v) is 5.60. The first kappa shape index (κ1) is 11.7. The van der Waals surface area contributed by atoms with E-state index >= 15 is 0 Å². The van der Waals surface area contributed by atoms with Gasteiger partial charge in [-0.3, -0.25) is 0 Å². The van der Waals surface area contributed by atoms with Crippen molar-refractivity contribution in [3.8, 4) is 0 Å². The molecule has 2 heteroatoms. The number of rotatable bonds is 1. The minimum Gasteiger partial charge on any atom is -0.406 e. The van der Waals surface area contributed by atoms with Crippen LogP contribution >= 0.6 is 0 Å². The van der Waals surface area contributed by atoms with Gasteiger partial charge in [-0.2, -0.15) is 0 Å². The highest BCUT2D eigenvalue weighted by Gasteiger charge is 2.35. The van der Waals surface area contributed by atoms with Crippen molar-refractivity contribution in [3.63, 3.8) is 0 Å². The lowest BCUT2D eigenvalue weighted by molar-refractivity contribution is 0.225. The Morgan fingerprint density at radius 1 is 0.944 bits per heavy atom. The minimum atomic E-state index is -1.59. The van der Waals surface area contributed by atoms with Crippen LogP contribution in [0.4, 0.5) is 0 Å². The summed E-state index contributed by atoms with van der Waals surface area (Å²) in [6.07, 6.45) is 0.123. The van der Waals surface area contributed by atoms with Gasteiger partial charge in [-0.25, -0.2) is 0 Å². The van der Waals surface area contributed by atoms with Gasteiger partial charge in [0, 0.05) is 0 Å². The van der Waals surface area contributed by atoms with Crippen LogP contribution in [0.25, 0.3) is 0 Å². The van der Waals surface area contributed by atoms with Gasteiger partial charge in [0.05, 0.1) is 6.10 Å². The molecular weight excluding hydrogens is 236 g/mol. The number of fused-ring (bicyclic) bond motifs is 1. The second-order valence-electron chi connectivity index (χ2n) is 5.54. The molecule has 2 aromatic carbocycles. The second-order valence-corrected chi connectivity index (χ2v) is 9.65. The van der Waals surface area contributed by atoms with Gasteiger partial charge in [-0.05, 0) is 35.8 Å². The Kier molecular flexibility index (Phi) is 2.84. The third kappa shape index (κ3) is 2.14. The van der Waals surface area contributed by atoms with Crippen LogP contribution in [0, 0.1) is 0 Å². The van der Waals surface area contributed by atoms with Crippen LogP contribution in [0.15, 0.2) is 54.6 Å². The molecule has 0 spiro atoms. The van der Waals surface area contributed by atoms with Gasteiger partial charge in [-0.1, -0.05) is 54.6 Å². The van der Waals surface area contributed by atoms with E-state index in [1.807, 2.05) is 0 Å². The van der Waals surface area contributed by atoms with Crippen LogP contribution in [0.1, 0.15) is 22.8 Å². The van der Waals surface area contributed by atoms with Gasteiger partial charge < -0.3 is 4.43 Å². The van der Waals surface area contributed by atoms with Gasteiger partial charge in [-0.15, -0.1) is 0 Å². The molecule has 1 unspecified atom stereocenters. The molecule has 0 amide bonds. The normalized spacial score (nSPS) is 21.3. The summed E-state index contributed by atoms with van der Waals surface area (Å²) in [5.74, 6) is 0. The van der Waals surface area contributed by atoms with Crippen molar-refractivity contribution in [2.45, 2.75) is 25.2 Å².